The number of amides is 1. The second-order valence-corrected chi connectivity index (χ2v) is 5.57. The van der Waals surface area contributed by atoms with E-state index in [-0.39, 0.29) is 11.8 Å². The Kier molecular flexibility index (Phi) is 4.12. The molecular formula is C17H14ClN3O2. The van der Waals surface area contributed by atoms with Crippen LogP contribution in [0.3, 0.4) is 0 Å². The molecule has 0 radical (unpaired) electrons. The molecule has 1 aromatic heterocycles. The van der Waals surface area contributed by atoms with Crippen LogP contribution in [0.2, 0.25) is 5.02 Å². The molecule has 0 atom stereocenters. The Labute approximate surface area is 138 Å². The van der Waals surface area contributed by atoms with Gasteiger partial charge in [-0.05, 0) is 43.2 Å². The summed E-state index contributed by atoms with van der Waals surface area (Å²) in [7, 11) is 0. The van der Waals surface area contributed by atoms with Gasteiger partial charge >= 0.3 is 11.8 Å². The normalized spacial score (nSPS) is 10.6. The van der Waals surface area contributed by atoms with Crippen LogP contribution in [0.4, 0.5) is 5.69 Å². The highest BCUT2D eigenvalue weighted by Crippen LogP contribution is 2.26. The largest absolute Gasteiger partial charge is 0.412 e. The number of aromatic nitrogens is 2. The van der Waals surface area contributed by atoms with Gasteiger partial charge in [0.25, 0.3) is 0 Å². The number of rotatable bonds is 3. The fourth-order valence-electron chi connectivity index (χ4n) is 2.10. The summed E-state index contributed by atoms with van der Waals surface area (Å²) in [6.07, 6.45) is 0. The number of carbonyl (C=O) groups excluding carboxylic acids is 1. The molecule has 5 nitrogen and oxygen atoms in total. The number of nitrogens with zero attached hydrogens (tertiary/aromatic N) is 2. The standard InChI is InChI=1S/C17H14ClN3O2/c1-10-7-8-11(2)14(9-10)19-15(22)17-21-20-16(23-17)12-5-3-4-6-13(12)18/h3-9H,1-2H3,(H,19,22). The molecule has 0 fully saturated rings. The molecule has 0 bridgehead atoms. The number of anilines is 1. The first-order chi connectivity index (χ1) is 11.0. The maximum Gasteiger partial charge on any atom is 0.313 e. The number of halogens is 1. The lowest BCUT2D eigenvalue weighted by Gasteiger charge is -2.07. The van der Waals surface area contributed by atoms with Crippen LogP contribution in [-0.4, -0.2) is 16.1 Å². The zero-order valence-corrected chi connectivity index (χ0v) is 13.4. The molecule has 0 aliphatic heterocycles. The number of hydrogen-bond donors (Lipinski definition) is 1. The Balaban J connectivity index is 1.84. The minimum Gasteiger partial charge on any atom is -0.412 e. The average Bonchev–Trinajstić information content (AvgIpc) is 3.01. The third kappa shape index (κ3) is 3.24. The van der Waals surface area contributed by atoms with Gasteiger partial charge in [0.2, 0.25) is 5.89 Å². The molecule has 0 aliphatic carbocycles. The highest BCUT2D eigenvalue weighted by atomic mass is 35.5. The van der Waals surface area contributed by atoms with Gasteiger partial charge < -0.3 is 9.73 Å². The highest BCUT2D eigenvalue weighted by molar-refractivity contribution is 6.33. The molecular weight excluding hydrogens is 314 g/mol. The van der Waals surface area contributed by atoms with E-state index in [1.807, 2.05) is 32.0 Å². The summed E-state index contributed by atoms with van der Waals surface area (Å²) in [5.74, 6) is -0.355. The molecule has 1 heterocycles. The minimum atomic E-state index is -0.454. The Bertz CT molecular complexity index is 874. The summed E-state index contributed by atoms with van der Waals surface area (Å²) in [6, 6.07) is 12.9. The summed E-state index contributed by atoms with van der Waals surface area (Å²) in [4.78, 5) is 12.3. The quantitative estimate of drug-likeness (QED) is 0.780. The second-order valence-electron chi connectivity index (χ2n) is 5.16. The van der Waals surface area contributed by atoms with Crippen LogP contribution in [-0.2, 0) is 0 Å². The van der Waals surface area contributed by atoms with E-state index in [1.165, 1.54) is 0 Å². The lowest BCUT2D eigenvalue weighted by atomic mass is 10.1. The van der Waals surface area contributed by atoms with Gasteiger partial charge in [-0.3, -0.25) is 4.79 Å². The first kappa shape index (κ1) is 15.2. The van der Waals surface area contributed by atoms with Gasteiger partial charge in [-0.25, -0.2) is 0 Å². The molecule has 23 heavy (non-hydrogen) atoms. The molecule has 3 rings (SSSR count). The Hall–Kier alpha value is -2.66. The molecule has 0 saturated carbocycles. The van der Waals surface area contributed by atoms with Crippen molar-refractivity contribution in [2.75, 3.05) is 5.32 Å². The maximum absolute atomic E-state index is 12.3. The molecule has 116 valence electrons. The van der Waals surface area contributed by atoms with Crippen molar-refractivity contribution in [2.24, 2.45) is 0 Å². The van der Waals surface area contributed by atoms with Gasteiger partial charge in [-0.1, -0.05) is 35.9 Å². The lowest BCUT2D eigenvalue weighted by molar-refractivity contribution is 0.0990. The predicted octanol–water partition coefficient (Wildman–Crippen LogP) is 4.26. The summed E-state index contributed by atoms with van der Waals surface area (Å²) >= 11 is 6.09. The van der Waals surface area contributed by atoms with Gasteiger partial charge in [-0.2, -0.15) is 0 Å². The van der Waals surface area contributed by atoms with E-state index in [4.69, 9.17) is 16.0 Å². The van der Waals surface area contributed by atoms with Crippen molar-refractivity contribution in [2.45, 2.75) is 13.8 Å². The maximum atomic E-state index is 12.3. The van der Waals surface area contributed by atoms with Gasteiger partial charge in [0.05, 0.1) is 10.6 Å². The van der Waals surface area contributed by atoms with Crippen LogP contribution in [0.5, 0.6) is 0 Å². The third-order valence-electron chi connectivity index (χ3n) is 3.36. The van der Waals surface area contributed by atoms with E-state index in [2.05, 4.69) is 15.5 Å². The van der Waals surface area contributed by atoms with E-state index in [1.54, 1.807) is 24.3 Å². The van der Waals surface area contributed by atoms with Crippen LogP contribution in [0.25, 0.3) is 11.5 Å². The Morgan fingerprint density at radius 1 is 1.13 bits per heavy atom. The van der Waals surface area contributed by atoms with Crippen molar-refractivity contribution < 1.29 is 9.21 Å². The molecule has 0 unspecified atom stereocenters. The van der Waals surface area contributed by atoms with Crippen molar-refractivity contribution in [1.82, 2.24) is 10.2 Å². The van der Waals surface area contributed by atoms with Crippen LogP contribution >= 0.6 is 11.6 Å². The Morgan fingerprint density at radius 2 is 1.91 bits per heavy atom. The van der Waals surface area contributed by atoms with Crippen molar-refractivity contribution in [3.05, 3.63) is 64.5 Å². The average molecular weight is 328 g/mol. The van der Waals surface area contributed by atoms with Gasteiger partial charge in [0.15, 0.2) is 0 Å². The smallest absolute Gasteiger partial charge is 0.313 e. The van der Waals surface area contributed by atoms with E-state index in [0.29, 0.717) is 16.3 Å². The molecule has 3 aromatic rings. The van der Waals surface area contributed by atoms with Crippen molar-refractivity contribution >= 4 is 23.2 Å². The summed E-state index contributed by atoms with van der Waals surface area (Å²) in [6.45, 7) is 3.87. The first-order valence-corrected chi connectivity index (χ1v) is 7.39. The molecule has 1 N–H and O–H groups in total. The van der Waals surface area contributed by atoms with Crippen LogP contribution < -0.4 is 5.32 Å². The zero-order chi connectivity index (χ0) is 16.4. The molecule has 0 spiro atoms. The molecule has 1 amide bonds. The Morgan fingerprint density at radius 3 is 2.70 bits per heavy atom. The van der Waals surface area contributed by atoms with Crippen LogP contribution in [0.1, 0.15) is 21.8 Å². The highest BCUT2D eigenvalue weighted by Gasteiger charge is 2.18. The van der Waals surface area contributed by atoms with Crippen LogP contribution in [0, 0.1) is 13.8 Å². The summed E-state index contributed by atoms with van der Waals surface area (Å²) < 4.78 is 5.44. The molecule has 0 saturated heterocycles. The molecule has 0 aliphatic rings. The summed E-state index contributed by atoms with van der Waals surface area (Å²) in [5, 5.41) is 10.9. The van der Waals surface area contributed by atoms with Crippen molar-refractivity contribution in [1.29, 1.82) is 0 Å². The zero-order valence-electron chi connectivity index (χ0n) is 12.6. The predicted molar refractivity (Wildman–Crippen MR) is 88.6 cm³/mol. The minimum absolute atomic E-state index is 0.110. The van der Waals surface area contributed by atoms with Gasteiger partial charge in [0, 0.05) is 5.69 Å². The summed E-state index contributed by atoms with van der Waals surface area (Å²) in [5.41, 5.74) is 3.31. The van der Waals surface area contributed by atoms with Crippen molar-refractivity contribution in [3.8, 4) is 11.5 Å². The fourth-order valence-corrected chi connectivity index (χ4v) is 2.32. The van der Waals surface area contributed by atoms with E-state index in [9.17, 15) is 4.79 Å². The number of nitrogens with one attached hydrogen (secondary N) is 1. The SMILES string of the molecule is Cc1ccc(C)c(NC(=O)c2nnc(-c3ccccc3Cl)o2)c1. The topological polar surface area (TPSA) is 68.0 Å². The number of aryl methyl sites for hydroxylation is 2. The number of benzene rings is 2. The van der Waals surface area contributed by atoms with Gasteiger partial charge in [-0.15, -0.1) is 10.2 Å². The fraction of sp³-hybridized carbons (Fsp3) is 0.118. The number of carbonyl (C=O) groups is 1. The molecule has 6 heteroatoms. The van der Waals surface area contributed by atoms with Gasteiger partial charge in [0.1, 0.15) is 0 Å². The van der Waals surface area contributed by atoms with E-state index >= 15 is 0 Å². The molecule has 2 aromatic carbocycles. The van der Waals surface area contributed by atoms with E-state index < -0.39 is 5.91 Å². The lowest BCUT2D eigenvalue weighted by Crippen LogP contribution is -2.13. The van der Waals surface area contributed by atoms with E-state index in [0.717, 1.165) is 11.1 Å². The van der Waals surface area contributed by atoms with Crippen molar-refractivity contribution in [3.63, 3.8) is 0 Å². The number of hydrogen-bond acceptors (Lipinski definition) is 4. The first-order valence-electron chi connectivity index (χ1n) is 7.01. The monoisotopic (exact) mass is 327 g/mol. The second kappa shape index (κ2) is 6.22. The van der Waals surface area contributed by atoms with Crippen LogP contribution in [0.15, 0.2) is 46.9 Å². The third-order valence-corrected chi connectivity index (χ3v) is 3.69.